The van der Waals surface area contributed by atoms with Gasteiger partial charge in [0.1, 0.15) is 0 Å². The molecular weight excluding hydrogens is 258 g/mol. The van der Waals surface area contributed by atoms with Crippen LogP contribution in [-0.2, 0) is 11.2 Å². The first-order valence-corrected chi connectivity index (χ1v) is 7.67. The molecule has 1 heterocycles. The van der Waals surface area contributed by atoms with E-state index in [2.05, 4.69) is 12.1 Å². The van der Waals surface area contributed by atoms with Crippen molar-refractivity contribution in [1.29, 1.82) is 0 Å². The van der Waals surface area contributed by atoms with E-state index in [1.807, 2.05) is 19.1 Å². The average Bonchev–Trinajstić information content (AvgIpc) is 2.79. The highest BCUT2D eigenvalue weighted by Gasteiger charge is 2.40. The quantitative estimate of drug-likeness (QED) is 0.840. The zero-order valence-corrected chi connectivity index (χ0v) is 12.1. The van der Waals surface area contributed by atoms with Gasteiger partial charge in [0.25, 0.3) is 0 Å². The molecule has 0 spiro atoms. The Morgan fingerprint density at radius 3 is 2.84 bits per heavy atom. The molecule has 2 rings (SSSR count). The maximum absolute atomic E-state index is 11.6. The van der Waals surface area contributed by atoms with Crippen LogP contribution in [0.25, 0.3) is 0 Å². The Hall–Kier alpha value is -1.00. The number of thioether (sulfide) groups is 1. The highest BCUT2D eigenvalue weighted by molar-refractivity contribution is 8.00. The van der Waals surface area contributed by atoms with Gasteiger partial charge in [-0.3, -0.25) is 4.79 Å². The third-order valence-electron chi connectivity index (χ3n) is 3.91. The van der Waals surface area contributed by atoms with Crippen molar-refractivity contribution in [1.82, 2.24) is 0 Å². The number of hydrogen-bond acceptors (Lipinski definition) is 3. The van der Waals surface area contributed by atoms with Crippen molar-refractivity contribution in [2.75, 3.05) is 6.54 Å². The van der Waals surface area contributed by atoms with E-state index in [4.69, 9.17) is 5.73 Å². The number of aliphatic carboxylic acids is 1. The predicted molar refractivity (Wildman–Crippen MR) is 78.4 cm³/mol. The van der Waals surface area contributed by atoms with E-state index in [9.17, 15) is 9.90 Å². The summed E-state index contributed by atoms with van der Waals surface area (Å²) >= 11 is 1.80. The third-order valence-corrected chi connectivity index (χ3v) is 5.22. The Kier molecular flexibility index (Phi) is 4.53. The van der Waals surface area contributed by atoms with Crippen molar-refractivity contribution in [3.8, 4) is 0 Å². The standard InChI is InChI=1S/C15H21NO2S/c1-2-7-15(10-16,14(17)18)9-12-8-11-5-3-4-6-13(11)19-12/h3-6,12H,2,7-10,16H2,1H3,(H,17,18). The molecule has 2 unspecified atom stereocenters. The lowest BCUT2D eigenvalue weighted by Gasteiger charge is -2.30. The number of fused-ring (bicyclic) bond motifs is 1. The summed E-state index contributed by atoms with van der Waals surface area (Å²) in [6.45, 7) is 2.24. The molecule has 1 aliphatic heterocycles. The second kappa shape index (κ2) is 5.97. The molecule has 0 radical (unpaired) electrons. The Balaban J connectivity index is 2.10. The Morgan fingerprint density at radius 2 is 2.26 bits per heavy atom. The molecule has 4 heteroatoms. The predicted octanol–water partition coefficient (Wildman–Crippen LogP) is 2.92. The summed E-state index contributed by atoms with van der Waals surface area (Å²) in [6.07, 6.45) is 3.13. The molecule has 2 atom stereocenters. The number of benzene rings is 1. The molecule has 0 bridgehead atoms. The van der Waals surface area contributed by atoms with Crippen LogP contribution in [0.15, 0.2) is 29.2 Å². The van der Waals surface area contributed by atoms with E-state index in [-0.39, 0.29) is 6.54 Å². The van der Waals surface area contributed by atoms with Crippen LogP contribution >= 0.6 is 11.8 Å². The van der Waals surface area contributed by atoms with Gasteiger partial charge in [-0.25, -0.2) is 0 Å². The van der Waals surface area contributed by atoms with Gasteiger partial charge in [-0.15, -0.1) is 11.8 Å². The molecule has 0 amide bonds. The van der Waals surface area contributed by atoms with E-state index in [0.29, 0.717) is 18.1 Å². The molecule has 3 nitrogen and oxygen atoms in total. The SMILES string of the molecule is CCCC(CN)(CC1Cc2ccccc2S1)C(=O)O. The minimum Gasteiger partial charge on any atom is -0.481 e. The lowest BCUT2D eigenvalue weighted by molar-refractivity contribution is -0.149. The molecule has 1 aromatic rings. The van der Waals surface area contributed by atoms with Crippen molar-refractivity contribution in [2.24, 2.45) is 11.1 Å². The third kappa shape index (κ3) is 2.95. The topological polar surface area (TPSA) is 63.3 Å². The fourth-order valence-corrected chi connectivity index (χ4v) is 4.34. The van der Waals surface area contributed by atoms with Gasteiger partial charge >= 0.3 is 5.97 Å². The van der Waals surface area contributed by atoms with E-state index in [1.54, 1.807) is 11.8 Å². The van der Waals surface area contributed by atoms with E-state index in [0.717, 1.165) is 12.8 Å². The maximum Gasteiger partial charge on any atom is 0.310 e. The Bertz CT molecular complexity index is 438. The molecule has 1 aliphatic rings. The van der Waals surface area contributed by atoms with Crippen LogP contribution in [-0.4, -0.2) is 22.9 Å². The smallest absolute Gasteiger partial charge is 0.310 e. The van der Waals surface area contributed by atoms with Crippen molar-refractivity contribution in [3.63, 3.8) is 0 Å². The summed E-state index contributed by atoms with van der Waals surface area (Å²) in [6, 6.07) is 8.33. The first-order valence-electron chi connectivity index (χ1n) is 6.79. The lowest BCUT2D eigenvalue weighted by atomic mass is 9.78. The zero-order chi connectivity index (χ0) is 13.9. The number of hydrogen-bond donors (Lipinski definition) is 2. The second-order valence-electron chi connectivity index (χ2n) is 5.30. The molecule has 0 fully saturated rings. The van der Waals surface area contributed by atoms with Crippen molar-refractivity contribution < 1.29 is 9.90 Å². The Morgan fingerprint density at radius 1 is 1.53 bits per heavy atom. The summed E-state index contributed by atoms with van der Waals surface area (Å²) in [5.74, 6) is -0.742. The van der Waals surface area contributed by atoms with Crippen LogP contribution in [0.2, 0.25) is 0 Å². The van der Waals surface area contributed by atoms with Crippen LogP contribution in [0.1, 0.15) is 31.7 Å². The minimum absolute atomic E-state index is 0.226. The van der Waals surface area contributed by atoms with Gasteiger partial charge in [-0.05, 0) is 30.9 Å². The zero-order valence-electron chi connectivity index (χ0n) is 11.3. The normalized spacial score (nSPS) is 20.8. The van der Waals surface area contributed by atoms with E-state index in [1.165, 1.54) is 10.5 Å². The Labute approximate surface area is 118 Å². The summed E-state index contributed by atoms with van der Waals surface area (Å²) in [5, 5.41) is 9.88. The summed E-state index contributed by atoms with van der Waals surface area (Å²) in [4.78, 5) is 12.9. The fraction of sp³-hybridized carbons (Fsp3) is 0.533. The van der Waals surface area contributed by atoms with Crippen LogP contribution < -0.4 is 5.73 Å². The largest absolute Gasteiger partial charge is 0.481 e. The molecule has 104 valence electrons. The van der Waals surface area contributed by atoms with Gasteiger partial charge < -0.3 is 10.8 Å². The van der Waals surface area contributed by atoms with Crippen LogP contribution in [0.4, 0.5) is 0 Å². The molecule has 3 N–H and O–H groups in total. The molecule has 1 aromatic carbocycles. The summed E-state index contributed by atoms with van der Waals surface area (Å²) in [5.41, 5.74) is 6.37. The van der Waals surface area contributed by atoms with Crippen LogP contribution in [0, 0.1) is 5.41 Å². The van der Waals surface area contributed by atoms with Gasteiger partial charge in [-0.2, -0.15) is 0 Å². The highest BCUT2D eigenvalue weighted by Crippen LogP contribution is 2.43. The van der Waals surface area contributed by atoms with Crippen molar-refractivity contribution in [3.05, 3.63) is 29.8 Å². The van der Waals surface area contributed by atoms with E-state index >= 15 is 0 Å². The fourth-order valence-electron chi connectivity index (χ4n) is 2.85. The molecular formula is C15H21NO2S. The molecule has 0 aliphatic carbocycles. The van der Waals surface area contributed by atoms with E-state index < -0.39 is 11.4 Å². The van der Waals surface area contributed by atoms with Gasteiger partial charge in [0.05, 0.1) is 5.41 Å². The first kappa shape index (κ1) is 14.4. The van der Waals surface area contributed by atoms with Crippen molar-refractivity contribution >= 4 is 17.7 Å². The van der Waals surface area contributed by atoms with Gasteiger partial charge in [0.15, 0.2) is 0 Å². The molecule has 0 saturated carbocycles. The summed E-state index contributed by atoms with van der Waals surface area (Å²) < 4.78 is 0. The number of carboxylic acids is 1. The molecule has 0 saturated heterocycles. The summed E-state index contributed by atoms with van der Waals surface area (Å²) in [7, 11) is 0. The lowest BCUT2D eigenvalue weighted by Crippen LogP contribution is -2.40. The minimum atomic E-state index is -0.755. The van der Waals surface area contributed by atoms with Crippen LogP contribution in [0.5, 0.6) is 0 Å². The second-order valence-corrected chi connectivity index (χ2v) is 6.64. The number of carbonyl (C=O) groups is 1. The monoisotopic (exact) mass is 279 g/mol. The van der Waals surface area contributed by atoms with Crippen molar-refractivity contribution in [2.45, 2.75) is 42.8 Å². The maximum atomic E-state index is 11.6. The molecule has 0 aromatic heterocycles. The molecule has 19 heavy (non-hydrogen) atoms. The highest BCUT2D eigenvalue weighted by atomic mass is 32.2. The number of rotatable bonds is 6. The average molecular weight is 279 g/mol. The van der Waals surface area contributed by atoms with Gasteiger partial charge in [0, 0.05) is 16.7 Å². The number of carboxylic acid groups (broad SMARTS) is 1. The van der Waals surface area contributed by atoms with Gasteiger partial charge in [-0.1, -0.05) is 31.5 Å². The van der Waals surface area contributed by atoms with Crippen LogP contribution in [0.3, 0.4) is 0 Å². The first-order chi connectivity index (χ1) is 9.11. The number of nitrogens with two attached hydrogens (primary N) is 1. The van der Waals surface area contributed by atoms with Gasteiger partial charge in [0.2, 0.25) is 0 Å².